The summed E-state index contributed by atoms with van der Waals surface area (Å²) in [7, 11) is 0. The zero-order chi connectivity index (χ0) is 23.9. The highest BCUT2D eigenvalue weighted by atomic mass is 32.1. The number of halogens is 1. The quantitative estimate of drug-likeness (QED) is 0.414. The van der Waals surface area contributed by atoms with Crippen LogP contribution in [0.5, 0.6) is 0 Å². The van der Waals surface area contributed by atoms with Crippen LogP contribution >= 0.6 is 11.3 Å². The molecule has 1 N–H and O–H groups in total. The molecule has 0 radical (unpaired) electrons. The molecule has 0 amide bonds. The third-order valence-electron chi connectivity index (χ3n) is 6.08. The molecule has 3 heterocycles. The Balaban J connectivity index is 1.38. The Morgan fingerprint density at radius 3 is 2.41 bits per heavy atom. The van der Waals surface area contributed by atoms with Gasteiger partial charge in [-0.25, -0.2) is 9.37 Å². The van der Waals surface area contributed by atoms with Gasteiger partial charge in [0.25, 0.3) is 0 Å². The lowest BCUT2D eigenvalue weighted by atomic mass is 10.0. The van der Waals surface area contributed by atoms with Gasteiger partial charge in [-0.1, -0.05) is 53.8 Å². The van der Waals surface area contributed by atoms with Gasteiger partial charge < -0.3 is 10.2 Å². The summed E-state index contributed by atoms with van der Waals surface area (Å²) in [6.45, 7) is 12.7. The molecule has 178 valence electrons. The third-order valence-corrected chi connectivity index (χ3v) is 7.05. The standard InChI is InChI=1S/C26H31FN6S/c1-18-9-5-7-11-20(18)22-23(29-26(2,3)4)33-24(28-22)34-25(30-33)32-15-13-31(14-16-32)17-19-10-6-8-12-21(19)27/h5-12,29H,13-17H2,1-4H3. The number of benzene rings is 2. The number of hydrogen-bond acceptors (Lipinski definition) is 6. The van der Waals surface area contributed by atoms with Gasteiger partial charge in [-0.3, -0.25) is 4.90 Å². The number of nitrogens with zero attached hydrogens (tertiary/aromatic N) is 5. The molecule has 0 atom stereocenters. The van der Waals surface area contributed by atoms with Crippen LogP contribution in [0, 0.1) is 12.7 Å². The lowest BCUT2D eigenvalue weighted by Gasteiger charge is -2.34. The molecule has 1 saturated heterocycles. The second-order valence-electron chi connectivity index (χ2n) is 9.93. The average Bonchev–Trinajstić information content (AvgIpc) is 3.35. The third kappa shape index (κ3) is 4.65. The van der Waals surface area contributed by atoms with Crippen molar-refractivity contribution >= 4 is 27.2 Å². The van der Waals surface area contributed by atoms with Gasteiger partial charge >= 0.3 is 0 Å². The minimum Gasteiger partial charge on any atom is -0.364 e. The van der Waals surface area contributed by atoms with Crippen molar-refractivity contribution in [2.75, 3.05) is 36.4 Å². The molecule has 0 unspecified atom stereocenters. The first kappa shape index (κ1) is 22.8. The Morgan fingerprint density at radius 1 is 1.00 bits per heavy atom. The summed E-state index contributed by atoms with van der Waals surface area (Å²) >= 11 is 1.62. The van der Waals surface area contributed by atoms with Gasteiger partial charge in [0.05, 0.1) is 0 Å². The molecule has 34 heavy (non-hydrogen) atoms. The van der Waals surface area contributed by atoms with Gasteiger partial charge in [-0.2, -0.15) is 4.52 Å². The summed E-state index contributed by atoms with van der Waals surface area (Å²) < 4.78 is 16.0. The lowest BCUT2D eigenvalue weighted by Crippen LogP contribution is -2.46. The highest BCUT2D eigenvalue weighted by Gasteiger charge is 2.26. The Labute approximate surface area is 204 Å². The minimum absolute atomic E-state index is 0.129. The van der Waals surface area contributed by atoms with Crippen LogP contribution in [-0.2, 0) is 6.54 Å². The van der Waals surface area contributed by atoms with E-state index < -0.39 is 0 Å². The van der Waals surface area contributed by atoms with Crippen LogP contribution in [0.1, 0.15) is 31.9 Å². The second kappa shape index (κ2) is 9.00. The van der Waals surface area contributed by atoms with E-state index in [9.17, 15) is 4.39 Å². The molecule has 0 aliphatic carbocycles. The second-order valence-corrected chi connectivity index (χ2v) is 10.9. The van der Waals surface area contributed by atoms with Crippen LogP contribution in [0.4, 0.5) is 15.3 Å². The van der Waals surface area contributed by atoms with Crippen LogP contribution in [0.15, 0.2) is 48.5 Å². The van der Waals surface area contributed by atoms with E-state index in [1.165, 1.54) is 11.6 Å². The smallest absolute Gasteiger partial charge is 0.216 e. The highest BCUT2D eigenvalue weighted by Crippen LogP contribution is 2.36. The monoisotopic (exact) mass is 478 g/mol. The van der Waals surface area contributed by atoms with Crippen LogP contribution in [0.25, 0.3) is 16.2 Å². The van der Waals surface area contributed by atoms with Crippen molar-refractivity contribution in [2.24, 2.45) is 0 Å². The van der Waals surface area contributed by atoms with E-state index in [1.54, 1.807) is 17.4 Å². The summed E-state index contributed by atoms with van der Waals surface area (Å²) in [6.07, 6.45) is 0. The number of fused-ring (bicyclic) bond motifs is 1. The largest absolute Gasteiger partial charge is 0.364 e. The molecule has 0 spiro atoms. The maximum atomic E-state index is 14.0. The van der Waals surface area contributed by atoms with Gasteiger partial charge in [0, 0.05) is 49.4 Å². The first-order valence-electron chi connectivity index (χ1n) is 11.7. The van der Waals surface area contributed by atoms with Crippen LogP contribution in [0.3, 0.4) is 0 Å². The Bertz CT molecular complexity index is 1300. The maximum Gasteiger partial charge on any atom is 0.216 e. The summed E-state index contributed by atoms with van der Waals surface area (Å²) in [5.74, 6) is 0.798. The molecule has 1 aliphatic heterocycles. The number of anilines is 2. The van der Waals surface area contributed by atoms with Crippen molar-refractivity contribution in [3.63, 3.8) is 0 Å². The number of imidazole rings is 1. The minimum atomic E-state index is -0.130. The van der Waals surface area contributed by atoms with Crippen LogP contribution in [0.2, 0.25) is 0 Å². The summed E-state index contributed by atoms with van der Waals surface area (Å²) in [5, 5.41) is 9.59. The van der Waals surface area contributed by atoms with Crippen molar-refractivity contribution in [3.05, 3.63) is 65.5 Å². The lowest BCUT2D eigenvalue weighted by molar-refractivity contribution is 0.246. The van der Waals surface area contributed by atoms with E-state index >= 15 is 0 Å². The summed E-state index contributed by atoms with van der Waals surface area (Å²) in [5.41, 5.74) is 3.88. The predicted octanol–water partition coefficient (Wildman–Crippen LogP) is 5.44. The van der Waals surface area contributed by atoms with Crippen LogP contribution in [-0.4, -0.2) is 51.2 Å². The number of piperazine rings is 1. The fourth-order valence-electron chi connectivity index (χ4n) is 4.32. The average molecular weight is 479 g/mol. The zero-order valence-electron chi connectivity index (χ0n) is 20.2. The Morgan fingerprint density at radius 2 is 1.71 bits per heavy atom. The van der Waals surface area contributed by atoms with E-state index in [2.05, 4.69) is 67.1 Å². The summed E-state index contributed by atoms with van der Waals surface area (Å²) in [6, 6.07) is 15.4. The molecular formula is C26H31FN6S. The number of hydrogen-bond donors (Lipinski definition) is 1. The molecule has 6 nitrogen and oxygen atoms in total. The van der Waals surface area contributed by atoms with Crippen molar-refractivity contribution in [2.45, 2.75) is 39.8 Å². The fraction of sp³-hybridized carbons (Fsp3) is 0.385. The molecule has 5 rings (SSSR count). The molecule has 2 aromatic heterocycles. The molecule has 0 saturated carbocycles. The highest BCUT2D eigenvalue weighted by molar-refractivity contribution is 7.20. The number of nitrogens with one attached hydrogen (secondary N) is 1. The van der Waals surface area contributed by atoms with Crippen LogP contribution < -0.4 is 10.2 Å². The van der Waals surface area contributed by atoms with E-state index in [0.717, 1.165) is 58.9 Å². The van der Waals surface area contributed by atoms with Gasteiger partial charge in [0.2, 0.25) is 10.1 Å². The Hall–Kier alpha value is -2.97. The maximum absolute atomic E-state index is 14.0. The van der Waals surface area contributed by atoms with Gasteiger partial charge in [-0.15, -0.1) is 5.10 Å². The van der Waals surface area contributed by atoms with Crippen molar-refractivity contribution in [3.8, 4) is 11.3 Å². The van der Waals surface area contributed by atoms with Gasteiger partial charge in [0.15, 0.2) is 5.82 Å². The molecule has 8 heteroatoms. The number of aryl methyl sites for hydroxylation is 1. The first-order valence-corrected chi connectivity index (χ1v) is 12.5. The molecule has 4 aromatic rings. The topological polar surface area (TPSA) is 48.7 Å². The number of rotatable bonds is 5. The Kier molecular flexibility index (Phi) is 6.04. The predicted molar refractivity (Wildman–Crippen MR) is 138 cm³/mol. The van der Waals surface area contributed by atoms with Gasteiger partial charge in [-0.05, 0) is 39.3 Å². The molecular weight excluding hydrogens is 447 g/mol. The van der Waals surface area contributed by atoms with E-state index in [1.807, 2.05) is 16.6 Å². The van der Waals surface area contributed by atoms with Crippen molar-refractivity contribution < 1.29 is 4.39 Å². The normalized spacial score (nSPS) is 15.3. The van der Waals surface area contributed by atoms with Gasteiger partial charge in [0.1, 0.15) is 11.5 Å². The zero-order valence-corrected chi connectivity index (χ0v) is 21.0. The molecule has 0 bridgehead atoms. The summed E-state index contributed by atoms with van der Waals surface area (Å²) in [4.78, 5) is 10.5. The van der Waals surface area contributed by atoms with Crippen molar-refractivity contribution in [1.82, 2.24) is 19.5 Å². The van der Waals surface area contributed by atoms with E-state index in [0.29, 0.717) is 6.54 Å². The van der Waals surface area contributed by atoms with E-state index in [4.69, 9.17) is 10.1 Å². The fourth-order valence-corrected chi connectivity index (χ4v) is 5.28. The SMILES string of the molecule is Cc1ccccc1-c1nc2sc(N3CCN(Cc4ccccc4F)CC3)nn2c1NC(C)(C)C. The molecule has 1 fully saturated rings. The van der Waals surface area contributed by atoms with E-state index in [-0.39, 0.29) is 11.4 Å². The molecule has 1 aliphatic rings. The number of aromatic nitrogens is 3. The molecule has 2 aromatic carbocycles. The first-order chi connectivity index (χ1) is 16.3. The van der Waals surface area contributed by atoms with Crippen molar-refractivity contribution in [1.29, 1.82) is 0 Å².